The van der Waals surface area contributed by atoms with Crippen molar-refractivity contribution < 1.29 is 0 Å². The molecule has 0 spiro atoms. The molecule has 0 aliphatic heterocycles. The minimum absolute atomic E-state index is 0.422. The summed E-state index contributed by atoms with van der Waals surface area (Å²) >= 11 is 3.66. The zero-order valence-corrected chi connectivity index (χ0v) is 12.2. The number of anilines is 1. The summed E-state index contributed by atoms with van der Waals surface area (Å²) in [4.78, 5) is 2.36. The van der Waals surface area contributed by atoms with Gasteiger partial charge in [-0.2, -0.15) is 5.26 Å². The van der Waals surface area contributed by atoms with E-state index in [9.17, 15) is 0 Å². The van der Waals surface area contributed by atoms with Gasteiger partial charge in [0.1, 0.15) is 0 Å². The molecule has 1 saturated carbocycles. The van der Waals surface area contributed by atoms with Crippen LogP contribution >= 0.6 is 15.9 Å². The summed E-state index contributed by atoms with van der Waals surface area (Å²) in [7, 11) is 0. The Morgan fingerprint density at radius 3 is 2.50 bits per heavy atom. The summed E-state index contributed by atoms with van der Waals surface area (Å²) in [5.41, 5.74) is 1.66. The van der Waals surface area contributed by atoms with Gasteiger partial charge in [-0.15, -0.1) is 0 Å². The van der Waals surface area contributed by atoms with Gasteiger partial charge in [0.25, 0.3) is 0 Å². The maximum absolute atomic E-state index is 8.80. The molecular weight excluding hydrogens is 288 g/mol. The highest BCUT2D eigenvalue weighted by Crippen LogP contribution is 2.43. The number of hydrogen-bond donors (Lipinski definition) is 0. The SMILES string of the molecule is N#CCCN(CC1(CBr)CCC1)c1ccccc1. The van der Waals surface area contributed by atoms with Crippen LogP contribution in [0.4, 0.5) is 5.69 Å². The van der Waals surface area contributed by atoms with Crippen LogP contribution in [-0.4, -0.2) is 18.4 Å². The maximum Gasteiger partial charge on any atom is 0.0640 e. The van der Waals surface area contributed by atoms with Crippen LogP contribution in [0.15, 0.2) is 30.3 Å². The molecule has 0 heterocycles. The number of benzene rings is 1. The fourth-order valence-corrected chi connectivity index (χ4v) is 3.28. The second kappa shape index (κ2) is 6.24. The quantitative estimate of drug-likeness (QED) is 0.744. The van der Waals surface area contributed by atoms with E-state index < -0.39 is 0 Å². The van der Waals surface area contributed by atoms with Gasteiger partial charge in [-0.1, -0.05) is 40.5 Å². The molecule has 1 fully saturated rings. The van der Waals surface area contributed by atoms with Crippen molar-refractivity contribution in [1.29, 1.82) is 5.26 Å². The van der Waals surface area contributed by atoms with E-state index in [2.05, 4.69) is 51.2 Å². The molecule has 1 aliphatic rings. The van der Waals surface area contributed by atoms with Gasteiger partial charge in [-0.3, -0.25) is 0 Å². The number of alkyl halides is 1. The van der Waals surface area contributed by atoms with Crippen LogP contribution in [0.3, 0.4) is 0 Å². The lowest BCUT2D eigenvalue weighted by atomic mass is 9.70. The first kappa shape index (κ1) is 13.4. The molecule has 96 valence electrons. The van der Waals surface area contributed by atoms with Crippen LogP contribution < -0.4 is 4.90 Å². The van der Waals surface area contributed by atoms with Crippen LogP contribution in [-0.2, 0) is 0 Å². The average Bonchev–Trinajstić information content (AvgIpc) is 2.38. The molecule has 1 aromatic carbocycles. The van der Waals surface area contributed by atoms with Crippen molar-refractivity contribution in [3.8, 4) is 6.07 Å². The van der Waals surface area contributed by atoms with Crippen molar-refractivity contribution >= 4 is 21.6 Å². The van der Waals surface area contributed by atoms with E-state index >= 15 is 0 Å². The molecule has 2 nitrogen and oxygen atoms in total. The average molecular weight is 307 g/mol. The topological polar surface area (TPSA) is 27.0 Å². The molecule has 0 bridgehead atoms. The summed E-state index contributed by atoms with van der Waals surface area (Å²) in [6, 6.07) is 12.7. The number of para-hydroxylation sites is 1. The molecule has 0 amide bonds. The molecule has 0 N–H and O–H groups in total. The van der Waals surface area contributed by atoms with Crippen LogP contribution in [0.2, 0.25) is 0 Å². The first-order valence-corrected chi connectivity index (χ1v) is 7.65. The second-order valence-corrected chi connectivity index (χ2v) is 5.71. The molecule has 3 heteroatoms. The van der Waals surface area contributed by atoms with Crippen molar-refractivity contribution in [3.05, 3.63) is 30.3 Å². The lowest BCUT2D eigenvalue weighted by molar-refractivity contribution is 0.177. The molecule has 1 aromatic rings. The number of halogens is 1. The highest BCUT2D eigenvalue weighted by atomic mass is 79.9. The van der Waals surface area contributed by atoms with Crippen LogP contribution in [0.5, 0.6) is 0 Å². The third-order valence-corrected chi connectivity index (χ3v) is 5.03. The normalized spacial score (nSPS) is 16.7. The molecule has 18 heavy (non-hydrogen) atoms. The highest BCUT2D eigenvalue weighted by molar-refractivity contribution is 9.09. The largest absolute Gasteiger partial charge is 0.370 e. The Morgan fingerprint density at radius 2 is 2.00 bits per heavy atom. The van der Waals surface area contributed by atoms with Crippen molar-refractivity contribution in [2.75, 3.05) is 23.3 Å². The zero-order valence-electron chi connectivity index (χ0n) is 10.6. The molecular formula is C15H19BrN2. The Hall–Kier alpha value is -1.01. The number of rotatable bonds is 6. The first-order valence-electron chi connectivity index (χ1n) is 6.53. The van der Waals surface area contributed by atoms with E-state index in [-0.39, 0.29) is 0 Å². The fourth-order valence-electron chi connectivity index (χ4n) is 2.54. The standard InChI is InChI=1S/C15H19BrN2/c16-12-15(8-4-9-15)13-18(11-5-10-17)14-6-2-1-3-7-14/h1-3,6-7H,4-5,8-9,11-13H2. The van der Waals surface area contributed by atoms with Gasteiger partial charge in [0.2, 0.25) is 0 Å². The van der Waals surface area contributed by atoms with Crippen molar-refractivity contribution in [2.24, 2.45) is 5.41 Å². The van der Waals surface area contributed by atoms with E-state index in [1.807, 2.05) is 6.07 Å². The molecule has 2 rings (SSSR count). The Kier molecular flexibility index (Phi) is 4.66. The lowest BCUT2D eigenvalue weighted by Crippen LogP contribution is -2.44. The highest BCUT2D eigenvalue weighted by Gasteiger charge is 2.37. The summed E-state index contributed by atoms with van der Waals surface area (Å²) in [6.45, 7) is 1.89. The lowest BCUT2D eigenvalue weighted by Gasteiger charge is -2.44. The predicted molar refractivity (Wildman–Crippen MR) is 79.0 cm³/mol. The van der Waals surface area contributed by atoms with Crippen LogP contribution in [0.25, 0.3) is 0 Å². The zero-order chi connectivity index (χ0) is 12.8. The van der Waals surface area contributed by atoms with E-state index in [1.165, 1.54) is 24.9 Å². The monoisotopic (exact) mass is 306 g/mol. The fraction of sp³-hybridized carbons (Fsp3) is 0.533. The molecule has 0 atom stereocenters. The maximum atomic E-state index is 8.80. The van der Waals surface area contributed by atoms with E-state index in [0.29, 0.717) is 11.8 Å². The van der Waals surface area contributed by atoms with Crippen molar-refractivity contribution in [2.45, 2.75) is 25.7 Å². The van der Waals surface area contributed by atoms with E-state index in [1.54, 1.807) is 0 Å². The summed E-state index contributed by atoms with van der Waals surface area (Å²) in [5.74, 6) is 0. The Morgan fingerprint density at radius 1 is 1.28 bits per heavy atom. The minimum Gasteiger partial charge on any atom is -0.370 e. The van der Waals surface area contributed by atoms with Crippen LogP contribution in [0, 0.1) is 16.7 Å². The Balaban J connectivity index is 2.08. The summed E-state index contributed by atoms with van der Waals surface area (Å²) < 4.78 is 0. The number of nitrogens with zero attached hydrogens (tertiary/aromatic N) is 2. The Labute approximate surface area is 118 Å². The van der Waals surface area contributed by atoms with Gasteiger partial charge in [-0.25, -0.2) is 0 Å². The van der Waals surface area contributed by atoms with Gasteiger partial charge >= 0.3 is 0 Å². The predicted octanol–water partition coefficient (Wildman–Crippen LogP) is 3.97. The minimum atomic E-state index is 0.422. The van der Waals surface area contributed by atoms with Gasteiger partial charge in [0.05, 0.1) is 12.5 Å². The third kappa shape index (κ3) is 3.05. The number of hydrogen-bond acceptors (Lipinski definition) is 2. The molecule has 0 saturated heterocycles. The summed E-state index contributed by atoms with van der Waals surface area (Å²) in [5, 5.41) is 9.87. The van der Waals surface area contributed by atoms with E-state index in [4.69, 9.17) is 5.26 Å². The molecule has 0 unspecified atom stereocenters. The van der Waals surface area contributed by atoms with Gasteiger partial charge in [0.15, 0.2) is 0 Å². The van der Waals surface area contributed by atoms with E-state index in [0.717, 1.165) is 18.4 Å². The van der Waals surface area contributed by atoms with Gasteiger partial charge < -0.3 is 4.90 Å². The molecule has 0 radical (unpaired) electrons. The smallest absolute Gasteiger partial charge is 0.0640 e. The molecule has 1 aliphatic carbocycles. The second-order valence-electron chi connectivity index (χ2n) is 5.15. The number of nitriles is 1. The van der Waals surface area contributed by atoms with Crippen LogP contribution in [0.1, 0.15) is 25.7 Å². The van der Waals surface area contributed by atoms with Crippen molar-refractivity contribution in [3.63, 3.8) is 0 Å². The molecule has 0 aromatic heterocycles. The summed E-state index contributed by atoms with van der Waals surface area (Å²) in [6.07, 6.45) is 4.53. The first-order chi connectivity index (χ1) is 8.79. The van der Waals surface area contributed by atoms with Gasteiger partial charge in [0, 0.05) is 24.1 Å². The third-order valence-electron chi connectivity index (χ3n) is 3.84. The van der Waals surface area contributed by atoms with Gasteiger partial charge in [-0.05, 0) is 30.4 Å². The Bertz CT molecular complexity index is 401. The van der Waals surface area contributed by atoms with Crippen molar-refractivity contribution in [1.82, 2.24) is 0 Å².